The Labute approximate surface area is 183 Å². The number of hydrogen-bond acceptors (Lipinski definition) is 6. The quantitative estimate of drug-likeness (QED) is 0.399. The van der Waals surface area contributed by atoms with Gasteiger partial charge in [0.2, 0.25) is 5.91 Å². The highest BCUT2D eigenvalue weighted by Crippen LogP contribution is 2.24. The second-order valence-electron chi connectivity index (χ2n) is 6.62. The summed E-state index contributed by atoms with van der Waals surface area (Å²) in [5.41, 5.74) is 1.33. The van der Waals surface area contributed by atoms with Crippen LogP contribution in [0, 0.1) is 6.92 Å². The summed E-state index contributed by atoms with van der Waals surface area (Å²) in [6.45, 7) is 2.68. The maximum Gasteiger partial charge on any atom is 0.339 e. The number of aryl methyl sites for hydroxylation is 1. The highest BCUT2D eigenvalue weighted by atomic mass is 35.5. The largest absolute Gasteiger partial charge is 0.497 e. The zero-order valence-corrected chi connectivity index (χ0v) is 18.1. The number of aromatic nitrogens is 1. The fourth-order valence-electron chi connectivity index (χ4n) is 3.04. The van der Waals surface area contributed by atoms with E-state index < -0.39 is 5.63 Å². The number of hydrogen-bond donors (Lipinski definition) is 2. The Morgan fingerprint density at radius 3 is 2.77 bits per heavy atom. The number of carbonyl (C=O) groups is 1. The lowest BCUT2D eigenvalue weighted by molar-refractivity contribution is -0.120. The molecule has 0 aliphatic heterocycles. The lowest BCUT2D eigenvalue weighted by Gasteiger charge is -2.10. The summed E-state index contributed by atoms with van der Waals surface area (Å²) < 4.78 is 10.6. The first kappa shape index (κ1) is 21.9. The maximum atomic E-state index is 12.4. The van der Waals surface area contributed by atoms with Crippen molar-refractivity contribution in [1.29, 1.82) is 0 Å². The van der Waals surface area contributed by atoms with Crippen molar-refractivity contribution < 1.29 is 13.9 Å². The lowest BCUT2D eigenvalue weighted by Crippen LogP contribution is -2.29. The number of carbonyl (C=O) groups excluding carboxylic acids is 1. The summed E-state index contributed by atoms with van der Waals surface area (Å²) in [6.07, 6.45) is 1.95. The van der Waals surface area contributed by atoms with Gasteiger partial charge >= 0.3 is 5.63 Å². The first-order valence-electron chi connectivity index (χ1n) is 9.31. The Bertz CT molecular complexity index is 1130. The summed E-state index contributed by atoms with van der Waals surface area (Å²) in [7, 11) is 1.55. The number of ether oxygens (including phenoxy) is 1. The SMILES string of the molecule is COc1ccc2c(C)c(CCC(=O)NCCNc3ncc(Cl)cc3Cl)c(=O)oc2c1. The highest BCUT2D eigenvalue weighted by Gasteiger charge is 2.13. The minimum absolute atomic E-state index is 0.166. The van der Waals surface area contributed by atoms with Crippen LogP contribution < -0.4 is 21.0 Å². The number of methoxy groups -OCH3 is 1. The molecular formula is C21H21Cl2N3O4. The predicted molar refractivity (Wildman–Crippen MR) is 118 cm³/mol. The summed E-state index contributed by atoms with van der Waals surface area (Å²) in [5, 5.41) is 7.50. The van der Waals surface area contributed by atoms with Gasteiger partial charge in [0.15, 0.2) is 0 Å². The second kappa shape index (κ2) is 9.82. The molecule has 0 spiro atoms. The second-order valence-corrected chi connectivity index (χ2v) is 7.46. The van der Waals surface area contributed by atoms with E-state index in [1.54, 1.807) is 25.3 Å². The monoisotopic (exact) mass is 449 g/mol. The normalized spacial score (nSPS) is 10.8. The molecule has 1 aromatic carbocycles. The van der Waals surface area contributed by atoms with Crippen LogP contribution in [0.2, 0.25) is 10.0 Å². The van der Waals surface area contributed by atoms with Crippen molar-refractivity contribution in [3.05, 3.63) is 62.1 Å². The molecule has 0 saturated carbocycles. The Morgan fingerprint density at radius 2 is 2.03 bits per heavy atom. The number of halogens is 2. The minimum atomic E-state index is -0.439. The molecule has 2 N–H and O–H groups in total. The topological polar surface area (TPSA) is 93.5 Å². The third kappa shape index (κ3) is 5.23. The number of rotatable bonds is 8. The van der Waals surface area contributed by atoms with Gasteiger partial charge in [-0.25, -0.2) is 9.78 Å². The van der Waals surface area contributed by atoms with E-state index in [-0.39, 0.29) is 12.3 Å². The standard InChI is InChI=1S/C21H21Cl2N3O4/c1-12-15-4-3-14(29-2)10-18(15)30-21(28)16(12)5-6-19(27)24-7-8-25-20-17(23)9-13(22)11-26-20/h3-4,9-11H,5-8H2,1-2H3,(H,24,27)(H,25,26). The van der Waals surface area contributed by atoms with E-state index in [1.165, 1.54) is 6.20 Å². The van der Waals surface area contributed by atoms with E-state index in [0.29, 0.717) is 52.3 Å². The molecule has 0 atom stereocenters. The van der Waals surface area contributed by atoms with E-state index in [0.717, 1.165) is 10.9 Å². The molecule has 0 radical (unpaired) electrons. The number of pyridine rings is 1. The molecule has 0 saturated heterocycles. The van der Waals surface area contributed by atoms with Gasteiger partial charge in [-0.05, 0) is 37.1 Å². The van der Waals surface area contributed by atoms with Crippen LogP contribution in [0.4, 0.5) is 5.82 Å². The Morgan fingerprint density at radius 1 is 1.23 bits per heavy atom. The molecule has 3 aromatic rings. The van der Waals surface area contributed by atoms with Gasteiger partial charge in [0.1, 0.15) is 17.2 Å². The number of amides is 1. The van der Waals surface area contributed by atoms with Crippen molar-refractivity contribution in [2.75, 3.05) is 25.5 Å². The van der Waals surface area contributed by atoms with Gasteiger partial charge in [0.05, 0.1) is 17.2 Å². The van der Waals surface area contributed by atoms with E-state index in [1.807, 2.05) is 13.0 Å². The molecule has 30 heavy (non-hydrogen) atoms. The molecule has 9 heteroatoms. The van der Waals surface area contributed by atoms with Gasteiger partial charge in [0.25, 0.3) is 0 Å². The summed E-state index contributed by atoms with van der Waals surface area (Å²) >= 11 is 11.8. The van der Waals surface area contributed by atoms with E-state index in [2.05, 4.69) is 15.6 Å². The number of nitrogens with zero attached hydrogens (tertiary/aromatic N) is 1. The third-order valence-electron chi connectivity index (χ3n) is 4.64. The van der Waals surface area contributed by atoms with Gasteiger partial charge in [-0.1, -0.05) is 23.2 Å². The molecule has 3 rings (SSSR count). The fourth-order valence-corrected chi connectivity index (χ4v) is 3.49. The van der Waals surface area contributed by atoms with Gasteiger partial charge in [-0.2, -0.15) is 0 Å². The third-order valence-corrected chi connectivity index (χ3v) is 5.14. The predicted octanol–water partition coefficient (Wildman–Crippen LogP) is 3.97. The average molecular weight is 450 g/mol. The molecule has 0 bridgehead atoms. The molecular weight excluding hydrogens is 429 g/mol. The summed E-state index contributed by atoms with van der Waals surface area (Å²) in [6, 6.07) is 6.91. The van der Waals surface area contributed by atoms with Crippen molar-refractivity contribution in [1.82, 2.24) is 10.3 Å². The molecule has 0 aliphatic carbocycles. The molecule has 2 aromatic heterocycles. The number of benzene rings is 1. The average Bonchev–Trinajstić information content (AvgIpc) is 2.71. The molecule has 0 unspecified atom stereocenters. The Hall–Kier alpha value is -2.77. The van der Waals surface area contributed by atoms with Crippen molar-refractivity contribution in [3.8, 4) is 5.75 Å². The van der Waals surface area contributed by atoms with Crippen molar-refractivity contribution in [2.45, 2.75) is 19.8 Å². The van der Waals surface area contributed by atoms with Crippen LogP contribution in [0.1, 0.15) is 17.5 Å². The van der Waals surface area contributed by atoms with Crippen molar-refractivity contribution in [2.24, 2.45) is 0 Å². The number of fused-ring (bicyclic) bond motifs is 1. The maximum absolute atomic E-state index is 12.4. The van der Waals surface area contributed by atoms with Gasteiger partial charge in [-0.15, -0.1) is 0 Å². The van der Waals surface area contributed by atoms with E-state index >= 15 is 0 Å². The Balaban J connectivity index is 1.54. The fraction of sp³-hybridized carbons (Fsp3) is 0.286. The molecule has 158 valence electrons. The van der Waals surface area contributed by atoms with Gasteiger partial charge in [-0.3, -0.25) is 4.79 Å². The van der Waals surface area contributed by atoms with Crippen molar-refractivity contribution >= 4 is 45.9 Å². The first-order valence-corrected chi connectivity index (χ1v) is 10.1. The van der Waals surface area contributed by atoms with E-state index in [4.69, 9.17) is 32.4 Å². The van der Waals surface area contributed by atoms with Crippen LogP contribution in [0.5, 0.6) is 5.75 Å². The van der Waals surface area contributed by atoms with Crippen LogP contribution in [-0.2, 0) is 11.2 Å². The number of nitrogens with one attached hydrogen (secondary N) is 2. The minimum Gasteiger partial charge on any atom is -0.497 e. The Kier molecular flexibility index (Phi) is 7.18. The van der Waals surface area contributed by atoms with Gasteiger partial charge < -0.3 is 19.8 Å². The van der Waals surface area contributed by atoms with Crippen LogP contribution in [0.25, 0.3) is 11.0 Å². The molecule has 2 heterocycles. The first-order chi connectivity index (χ1) is 14.4. The smallest absolute Gasteiger partial charge is 0.339 e. The van der Waals surface area contributed by atoms with Crippen LogP contribution in [0.3, 0.4) is 0 Å². The van der Waals surface area contributed by atoms with Crippen LogP contribution in [-0.4, -0.2) is 31.1 Å². The van der Waals surface area contributed by atoms with E-state index in [9.17, 15) is 9.59 Å². The number of anilines is 1. The van der Waals surface area contributed by atoms with Crippen LogP contribution >= 0.6 is 23.2 Å². The van der Waals surface area contributed by atoms with Gasteiger partial charge in [0, 0.05) is 42.7 Å². The summed E-state index contributed by atoms with van der Waals surface area (Å²) in [4.78, 5) is 28.6. The summed E-state index contributed by atoms with van der Waals surface area (Å²) in [5.74, 6) is 0.942. The molecule has 7 nitrogen and oxygen atoms in total. The highest BCUT2D eigenvalue weighted by molar-refractivity contribution is 6.35. The molecule has 0 fully saturated rings. The van der Waals surface area contributed by atoms with Crippen LogP contribution in [0.15, 0.2) is 39.7 Å². The molecule has 1 amide bonds. The van der Waals surface area contributed by atoms with Crippen molar-refractivity contribution in [3.63, 3.8) is 0 Å². The zero-order valence-electron chi connectivity index (χ0n) is 16.6. The zero-order chi connectivity index (χ0) is 21.7. The molecule has 0 aliphatic rings. The lowest BCUT2D eigenvalue weighted by atomic mass is 10.0.